The number of halogens is 1. The summed E-state index contributed by atoms with van der Waals surface area (Å²) in [5.74, 6) is 0.842. The molecular weight excluding hydrogens is 240 g/mol. The first-order valence-electron chi connectivity index (χ1n) is 8.27. The van der Waals surface area contributed by atoms with E-state index in [-0.39, 0.29) is 0 Å². The van der Waals surface area contributed by atoms with Crippen molar-refractivity contribution in [1.29, 1.82) is 0 Å². The van der Waals surface area contributed by atoms with Gasteiger partial charge in [0.2, 0.25) is 0 Å². The molecule has 0 bridgehead atoms. The Morgan fingerprint density at radius 3 is 1.00 bits per heavy atom. The van der Waals surface area contributed by atoms with Gasteiger partial charge in [0.25, 0.3) is 0 Å². The summed E-state index contributed by atoms with van der Waals surface area (Å²) in [5.41, 5.74) is 0. The van der Waals surface area contributed by atoms with Crippen LogP contribution in [0.1, 0.15) is 96.3 Å². The Morgan fingerprint density at radius 2 is 0.722 bits per heavy atom. The van der Waals surface area contributed by atoms with Gasteiger partial charge in [-0.15, -0.1) is 11.6 Å². The van der Waals surface area contributed by atoms with Crippen LogP contribution in [0.2, 0.25) is 0 Å². The van der Waals surface area contributed by atoms with Crippen LogP contribution in [0.5, 0.6) is 0 Å². The van der Waals surface area contributed by atoms with Gasteiger partial charge in [0.15, 0.2) is 0 Å². The molecule has 0 aromatic rings. The van der Waals surface area contributed by atoms with Crippen molar-refractivity contribution in [1.82, 2.24) is 0 Å². The molecule has 0 aromatic carbocycles. The molecule has 0 N–H and O–H groups in total. The smallest absolute Gasteiger partial charge is 0.0223 e. The lowest BCUT2D eigenvalue weighted by Gasteiger charge is -2.02. The van der Waals surface area contributed by atoms with Crippen molar-refractivity contribution in [2.75, 3.05) is 5.88 Å². The van der Waals surface area contributed by atoms with Crippen molar-refractivity contribution in [3.63, 3.8) is 0 Å². The minimum Gasteiger partial charge on any atom is -0.127 e. The fourth-order valence-corrected chi connectivity index (χ4v) is 2.58. The molecule has 0 aliphatic heterocycles. The number of rotatable bonds is 15. The van der Waals surface area contributed by atoms with Gasteiger partial charge in [-0.1, -0.05) is 96.8 Å². The van der Waals surface area contributed by atoms with Crippen molar-refractivity contribution >= 4 is 11.6 Å². The third-order valence-corrected chi connectivity index (χ3v) is 3.90. The third kappa shape index (κ3) is 16.3. The van der Waals surface area contributed by atoms with Crippen LogP contribution in [0, 0.1) is 6.92 Å². The maximum Gasteiger partial charge on any atom is 0.0223 e. The van der Waals surface area contributed by atoms with E-state index in [9.17, 15) is 0 Å². The molecule has 0 aliphatic rings. The van der Waals surface area contributed by atoms with Crippen molar-refractivity contribution < 1.29 is 0 Å². The molecular formula is C17H34Cl. The molecule has 0 saturated carbocycles. The Labute approximate surface area is 121 Å². The van der Waals surface area contributed by atoms with Gasteiger partial charge in [-0.05, 0) is 6.42 Å². The van der Waals surface area contributed by atoms with E-state index in [4.69, 9.17) is 11.6 Å². The van der Waals surface area contributed by atoms with Crippen LogP contribution >= 0.6 is 11.6 Å². The summed E-state index contributed by atoms with van der Waals surface area (Å²) < 4.78 is 0. The first-order chi connectivity index (χ1) is 8.91. The highest BCUT2D eigenvalue weighted by atomic mass is 35.5. The Balaban J connectivity index is 2.86. The zero-order valence-corrected chi connectivity index (χ0v) is 13.2. The lowest BCUT2D eigenvalue weighted by molar-refractivity contribution is 0.536. The molecule has 0 rings (SSSR count). The summed E-state index contributed by atoms with van der Waals surface area (Å²) in [6.07, 6.45) is 20.7. The monoisotopic (exact) mass is 273 g/mol. The lowest BCUT2D eigenvalue weighted by atomic mass is 10.0. The van der Waals surface area contributed by atoms with Crippen molar-refractivity contribution in [2.24, 2.45) is 0 Å². The maximum absolute atomic E-state index is 5.65. The molecule has 109 valence electrons. The van der Waals surface area contributed by atoms with Crippen LogP contribution in [0.4, 0.5) is 0 Å². The first kappa shape index (κ1) is 18.3. The lowest BCUT2D eigenvalue weighted by Crippen LogP contribution is -1.83. The summed E-state index contributed by atoms with van der Waals surface area (Å²) in [5, 5.41) is 0. The largest absolute Gasteiger partial charge is 0.127 e. The zero-order chi connectivity index (χ0) is 13.3. The molecule has 1 radical (unpaired) electrons. The summed E-state index contributed by atoms with van der Waals surface area (Å²) in [6, 6.07) is 0. The van der Waals surface area contributed by atoms with Gasteiger partial charge in [0.05, 0.1) is 0 Å². The Hall–Kier alpha value is 0.290. The van der Waals surface area contributed by atoms with Crippen LogP contribution in [0.15, 0.2) is 0 Å². The van der Waals surface area contributed by atoms with Crippen LogP contribution < -0.4 is 0 Å². The molecule has 0 amide bonds. The predicted octanol–water partition coefficient (Wildman–Crippen LogP) is 6.91. The topological polar surface area (TPSA) is 0 Å². The van der Waals surface area contributed by atoms with E-state index in [1.165, 1.54) is 89.9 Å². The molecule has 0 aromatic heterocycles. The standard InChI is InChI=1S/C17H34Cl/c1-2-3-4-5-6-7-8-9-10-11-12-13-14-15-16-17-18/h1-17H2. The fraction of sp³-hybridized carbons (Fsp3) is 0.941. The molecule has 1 heteroatoms. The Bertz CT molecular complexity index is 118. The second kappa shape index (κ2) is 17.3. The predicted molar refractivity (Wildman–Crippen MR) is 85.3 cm³/mol. The van der Waals surface area contributed by atoms with E-state index in [1.807, 2.05) is 0 Å². The number of hydrogen-bond acceptors (Lipinski definition) is 0. The van der Waals surface area contributed by atoms with E-state index in [1.54, 1.807) is 0 Å². The molecule has 0 spiro atoms. The highest BCUT2D eigenvalue weighted by Gasteiger charge is 1.93. The summed E-state index contributed by atoms with van der Waals surface area (Å²) >= 11 is 5.65. The van der Waals surface area contributed by atoms with Gasteiger partial charge in [-0.3, -0.25) is 0 Å². The van der Waals surface area contributed by atoms with Crippen LogP contribution in [0.3, 0.4) is 0 Å². The molecule has 0 aliphatic carbocycles. The Morgan fingerprint density at radius 1 is 0.444 bits per heavy atom. The molecule has 0 atom stereocenters. The maximum atomic E-state index is 5.65. The fourth-order valence-electron chi connectivity index (χ4n) is 2.39. The second-order valence-electron chi connectivity index (χ2n) is 5.49. The molecule has 0 heterocycles. The third-order valence-electron chi connectivity index (χ3n) is 3.63. The SMILES string of the molecule is [CH2]CCCCCCCCCCCCCCCCCl. The van der Waals surface area contributed by atoms with Gasteiger partial charge < -0.3 is 0 Å². The molecule has 18 heavy (non-hydrogen) atoms. The minimum absolute atomic E-state index is 0.842. The summed E-state index contributed by atoms with van der Waals surface area (Å²) in [7, 11) is 0. The normalized spacial score (nSPS) is 11.0. The van der Waals surface area contributed by atoms with Gasteiger partial charge >= 0.3 is 0 Å². The van der Waals surface area contributed by atoms with E-state index in [0.717, 1.165) is 12.3 Å². The average Bonchev–Trinajstić information content (AvgIpc) is 2.39. The second-order valence-corrected chi connectivity index (χ2v) is 5.87. The molecule has 0 fully saturated rings. The minimum atomic E-state index is 0.842. The number of hydrogen-bond donors (Lipinski definition) is 0. The number of alkyl halides is 1. The van der Waals surface area contributed by atoms with Crippen LogP contribution in [0.25, 0.3) is 0 Å². The van der Waals surface area contributed by atoms with E-state index < -0.39 is 0 Å². The van der Waals surface area contributed by atoms with Crippen molar-refractivity contribution in [3.8, 4) is 0 Å². The van der Waals surface area contributed by atoms with Crippen molar-refractivity contribution in [3.05, 3.63) is 6.92 Å². The number of unbranched alkanes of at least 4 members (excludes halogenated alkanes) is 14. The van der Waals surface area contributed by atoms with Crippen LogP contribution in [-0.4, -0.2) is 5.88 Å². The molecule has 0 nitrogen and oxygen atoms in total. The van der Waals surface area contributed by atoms with Gasteiger partial charge in [-0.25, -0.2) is 0 Å². The van der Waals surface area contributed by atoms with E-state index in [2.05, 4.69) is 6.92 Å². The highest BCUT2D eigenvalue weighted by molar-refractivity contribution is 6.17. The van der Waals surface area contributed by atoms with Gasteiger partial charge in [0.1, 0.15) is 0 Å². The highest BCUT2D eigenvalue weighted by Crippen LogP contribution is 2.13. The van der Waals surface area contributed by atoms with Crippen LogP contribution in [-0.2, 0) is 0 Å². The van der Waals surface area contributed by atoms with E-state index in [0.29, 0.717) is 0 Å². The zero-order valence-electron chi connectivity index (χ0n) is 12.4. The molecule has 0 unspecified atom stereocenters. The van der Waals surface area contributed by atoms with Crippen molar-refractivity contribution in [2.45, 2.75) is 96.3 Å². The average molecular weight is 274 g/mol. The van der Waals surface area contributed by atoms with Gasteiger partial charge in [0, 0.05) is 5.88 Å². The quantitative estimate of drug-likeness (QED) is 0.225. The Kier molecular flexibility index (Phi) is 17.6. The summed E-state index contributed by atoms with van der Waals surface area (Å²) in [6.45, 7) is 3.88. The van der Waals surface area contributed by atoms with E-state index >= 15 is 0 Å². The van der Waals surface area contributed by atoms with Gasteiger partial charge in [-0.2, -0.15) is 0 Å². The first-order valence-corrected chi connectivity index (χ1v) is 8.80. The molecule has 0 saturated heterocycles. The summed E-state index contributed by atoms with van der Waals surface area (Å²) in [4.78, 5) is 0.